The van der Waals surface area contributed by atoms with Crippen molar-refractivity contribution in [3.05, 3.63) is 47.5 Å². The van der Waals surface area contributed by atoms with Crippen LogP contribution in [0.4, 0.5) is 17.1 Å². The summed E-state index contributed by atoms with van der Waals surface area (Å²) in [5.74, 6) is 0.802. The molecule has 0 spiro atoms. The van der Waals surface area contributed by atoms with Crippen molar-refractivity contribution in [1.29, 1.82) is 0 Å². The maximum absolute atomic E-state index is 6.00. The van der Waals surface area contributed by atoms with Gasteiger partial charge in [0.2, 0.25) is 0 Å². The lowest BCUT2D eigenvalue weighted by Crippen LogP contribution is -2.12. The molecule has 0 aromatic heterocycles. The summed E-state index contributed by atoms with van der Waals surface area (Å²) >= 11 is 0. The normalized spacial score (nSPS) is 10.8. The molecule has 0 aliphatic rings. The molecule has 2 N–H and O–H groups in total. The van der Waals surface area contributed by atoms with Gasteiger partial charge >= 0.3 is 0 Å². The number of nitrogen functional groups attached to an aromatic ring is 1. The Bertz CT molecular complexity index is 615. The summed E-state index contributed by atoms with van der Waals surface area (Å²) in [7, 11) is 2.04. The summed E-state index contributed by atoms with van der Waals surface area (Å²) in [5.41, 5.74) is 11.4. The van der Waals surface area contributed by atoms with Crippen LogP contribution in [0.1, 0.15) is 25.0 Å². The Morgan fingerprint density at radius 1 is 0.905 bits per heavy atom. The molecule has 21 heavy (non-hydrogen) atoms. The number of nitrogens with two attached hydrogens (primary N) is 1. The fourth-order valence-corrected chi connectivity index (χ4v) is 2.43. The molecule has 0 aliphatic carbocycles. The van der Waals surface area contributed by atoms with E-state index in [9.17, 15) is 0 Å². The minimum absolute atomic E-state index is 0.131. The molecule has 0 fully saturated rings. The van der Waals surface area contributed by atoms with Crippen molar-refractivity contribution >= 4 is 17.1 Å². The Morgan fingerprint density at radius 3 is 2.05 bits per heavy atom. The Kier molecular flexibility index (Phi) is 4.41. The summed E-state index contributed by atoms with van der Waals surface area (Å²) in [6.07, 6.45) is 0.131. The molecular formula is C18H24N2O. The highest BCUT2D eigenvalue weighted by molar-refractivity contribution is 5.69. The molecule has 3 heteroatoms. The molecule has 2 aromatic rings. The van der Waals surface area contributed by atoms with Crippen molar-refractivity contribution < 1.29 is 4.74 Å². The number of benzene rings is 2. The number of hydrogen-bond acceptors (Lipinski definition) is 3. The molecule has 112 valence electrons. The van der Waals surface area contributed by atoms with E-state index in [4.69, 9.17) is 10.5 Å². The van der Waals surface area contributed by atoms with Crippen LogP contribution in [0.2, 0.25) is 0 Å². The topological polar surface area (TPSA) is 38.5 Å². The zero-order valence-corrected chi connectivity index (χ0v) is 13.5. The molecule has 3 nitrogen and oxygen atoms in total. The molecule has 0 heterocycles. The number of nitrogens with zero attached hydrogens (tertiary/aromatic N) is 1. The van der Waals surface area contributed by atoms with Gasteiger partial charge in [-0.25, -0.2) is 0 Å². The van der Waals surface area contributed by atoms with Crippen LogP contribution in [0.25, 0.3) is 0 Å². The van der Waals surface area contributed by atoms with Crippen molar-refractivity contribution in [3.63, 3.8) is 0 Å². The first-order chi connectivity index (χ1) is 9.85. The van der Waals surface area contributed by atoms with Crippen molar-refractivity contribution in [2.45, 2.75) is 33.8 Å². The first-order valence-electron chi connectivity index (χ1n) is 7.24. The van der Waals surface area contributed by atoms with Crippen molar-refractivity contribution in [2.75, 3.05) is 17.7 Å². The third-order valence-corrected chi connectivity index (χ3v) is 3.27. The van der Waals surface area contributed by atoms with Gasteiger partial charge < -0.3 is 15.4 Å². The van der Waals surface area contributed by atoms with Gasteiger partial charge in [-0.05, 0) is 57.0 Å². The van der Waals surface area contributed by atoms with Crippen LogP contribution in [-0.4, -0.2) is 13.2 Å². The molecule has 2 rings (SSSR count). The van der Waals surface area contributed by atoms with Crippen LogP contribution in [0, 0.1) is 13.8 Å². The van der Waals surface area contributed by atoms with E-state index in [1.54, 1.807) is 0 Å². The van der Waals surface area contributed by atoms with Crippen molar-refractivity contribution in [3.8, 4) is 5.75 Å². The lowest BCUT2D eigenvalue weighted by molar-refractivity contribution is 0.242. The van der Waals surface area contributed by atoms with E-state index < -0.39 is 0 Å². The van der Waals surface area contributed by atoms with Crippen LogP contribution >= 0.6 is 0 Å². The monoisotopic (exact) mass is 284 g/mol. The van der Waals surface area contributed by atoms with Gasteiger partial charge in [0.25, 0.3) is 0 Å². The van der Waals surface area contributed by atoms with Crippen LogP contribution in [0.15, 0.2) is 36.4 Å². The third kappa shape index (κ3) is 3.91. The predicted octanol–water partition coefficient (Wildman–Crippen LogP) is 4.44. The van der Waals surface area contributed by atoms with Gasteiger partial charge in [-0.1, -0.05) is 6.07 Å². The molecular weight excluding hydrogens is 260 g/mol. The van der Waals surface area contributed by atoms with Gasteiger partial charge in [0.15, 0.2) is 0 Å². The maximum atomic E-state index is 6.00. The summed E-state index contributed by atoms with van der Waals surface area (Å²) in [5, 5.41) is 0. The second-order valence-electron chi connectivity index (χ2n) is 5.83. The quantitative estimate of drug-likeness (QED) is 0.843. The molecule has 0 radical (unpaired) electrons. The number of anilines is 3. The zero-order valence-electron chi connectivity index (χ0n) is 13.5. The highest BCUT2D eigenvalue weighted by Gasteiger charge is 2.09. The van der Waals surface area contributed by atoms with Gasteiger partial charge in [-0.15, -0.1) is 0 Å². The molecule has 0 saturated carbocycles. The summed E-state index contributed by atoms with van der Waals surface area (Å²) < 4.78 is 5.76. The fraction of sp³-hybridized carbons (Fsp3) is 0.333. The first kappa shape index (κ1) is 15.2. The second-order valence-corrected chi connectivity index (χ2v) is 5.83. The smallest absolute Gasteiger partial charge is 0.123 e. The molecule has 0 saturated heterocycles. The van der Waals surface area contributed by atoms with Gasteiger partial charge in [0.1, 0.15) is 5.75 Å². The van der Waals surface area contributed by atoms with E-state index in [-0.39, 0.29) is 6.10 Å². The Hall–Kier alpha value is -2.16. The summed E-state index contributed by atoms with van der Waals surface area (Å²) in [6, 6.07) is 12.3. The van der Waals surface area contributed by atoms with Crippen LogP contribution in [0.5, 0.6) is 5.75 Å². The van der Waals surface area contributed by atoms with Crippen LogP contribution in [0.3, 0.4) is 0 Å². The van der Waals surface area contributed by atoms with E-state index in [0.29, 0.717) is 5.69 Å². The standard InChI is InChI=1S/C18H24N2O/c1-12(2)21-18-10-15(19)9-17(11-18)20(5)16-7-13(3)6-14(4)8-16/h6-12H,19H2,1-5H3. The number of hydrogen-bond donors (Lipinski definition) is 1. The largest absolute Gasteiger partial charge is 0.491 e. The third-order valence-electron chi connectivity index (χ3n) is 3.27. The lowest BCUT2D eigenvalue weighted by Gasteiger charge is -2.22. The average molecular weight is 284 g/mol. The van der Waals surface area contributed by atoms with Crippen LogP contribution < -0.4 is 15.4 Å². The Morgan fingerprint density at radius 2 is 1.48 bits per heavy atom. The predicted molar refractivity (Wildman–Crippen MR) is 90.6 cm³/mol. The van der Waals surface area contributed by atoms with Gasteiger partial charge in [-0.3, -0.25) is 0 Å². The van der Waals surface area contributed by atoms with Crippen molar-refractivity contribution in [1.82, 2.24) is 0 Å². The average Bonchev–Trinajstić information content (AvgIpc) is 2.35. The molecule has 0 atom stereocenters. The van der Waals surface area contributed by atoms with Crippen molar-refractivity contribution in [2.24, 2.45) is 0 Å². The molecule has 0 aliphatic heterocycles. The fourth-order valence-electron chi connectivity index (χ4n) is 2.43. The summed E-state index contributed by atoms with van der Waals surface area (Å²) in [6.45, 7) is 8.24. The van der Waals surface area contributed by atoms with E-state index in [0.717, 1.165) is 17.1 Å². The second kappa shape index (κ2) is 6.08. The molecule has 0 bridgehead atoms. The number of aryl methyl sites for hydroxylation is 2. The minimum Gasteiger partial charge on any atom is -0.491 e. The molecule has 0 unspecified atom stereocenters. The zero-order chi connectivity index (χ0) is 15.6. The Labute approximate surface area is 127 Å². The Balaban J connectivity index is 2.38. The first-order valence-corrected chi connectivity index (χ1v) is 7.24. The molecule has 2 aromatic carbocycles. The molecule has 0 amide bonds. The SMILES string of the molecule is Cc1cc(C)cc(N(C)c2cc(N)cc(OC(C)C)c2)c1. The summed E-state index contributed by atoms with van der Waals surface area (Å²) in [4.78, 5) is 2.13. The van der Waals surface area contributed by atoms with Gasteiger partial charge in [-0.2, -0.15) is 0 Å². The minimum atomic E-state index is 0.131. The van der Waals surface area contributed by atoms with Crippen LogP contribution in [-0.2, 0) is 0 Å². The van der Waals surface area contributed by atoms with Gasteiger partial charge in [0, 0.05) is 36.2 Å². The van der Waals surface area contributed by atoms with E-state index in [1.165, 1.54) is 11.1 Å². The lowest BCUT2D eigenvalue weighted by atomic mass is 10.1. The number of ether oxygens (including phenoxy) is 1. The number of rotatable bonds is 4. The van der Waals surface area contributed by atoms with E-state index in [1.807, 2.05) is 39.1 Å². The maximum Gasteiger partial charge on any atom is 0.123 e. The van der Waals surface area contributed by atoms with E-state index >= 15 is 0 Å². The highest BCUT2D eigenvalue weighted by atomic mass is 16.5. The van der Waals surface area contributed by atoms with Gasteiger partial charge in [0.05, 0.1) is 6.10 Å². The van der Waals surface area contributed by atoms with E-state index in [2.05, 4.69) is 36.9 Å². The highest BCUT2D eigenvalue weighted by Crippen LogP contribution is 2.31.